The van der Waals surface area contributed by atoms with Crippen LogP contribution in [0.3, 0.4) is 0 Å². The fourth-order valence-corrected chi connectivity index (χ4v) is 6.26. The van der Waals surface area contributed by atoms with Crippen LogP contribution in [0.2, 0.25) is 0 Å². The van der Waals surface area contributed by atoms with Crippen molar-refractivity contribution in [2.75, 3.05) is 25.1 Å². The first-order chi connectivity index (χ1) is 19.9. The Morgan fingerprint density at radius 3 is 2.61 bits per heavy atom. The molecular weight excluding hydrogens is 532 g/mol. The molecular formula is C34H44N2O4S. The lowest BCUT2D eigenvalue weighted by Crippen LogP contribution is -2.41. The van der Waals surface area contributed by atoms with Gasteiger partial charge in [-0.3, -0.25) is 9.69 Å². The first kappa shape index (κ1) is 30.9. The smallest absolute Gasteiger partial charge is 0.326 e. The molecule has 1 aliphatic carbocycles. The van der Waals surface area contributed by atoms with Crippen molar-refractivity contribution in [1.82, 2.24) is 10.2 Å². The number of carboxylic acids is 1. The predicted octanol–water partition coefficient (Wildman–Crippen LogP) is 7.19. The standard InChI is InChI=1S/C34H44N2O4S/c1-25-10-6-7-14-29(25)31-22-27(15-16-30(31)33(37)35-32(34(38)39)18-21-41-2)23-36(24-28-13-8-9-20-40-28)19-17-26-11-4-3-5-12-26/h6-7,9-10,13-16,20,22,26,32H,3-5,8,11-12,17-19,21,23-24H2,1-2H3,(H,35,37)(H,38,39). The molecule has 4 rings (SSSR count). The summed E-state index contributed by atoms with van der Waals surface area (Å²) in [4.78, 5) is 27.8. The van der Waals surface area contributed by atoms with Crippen molar-refractivity contribution in [2.24, 2.45) is 5.92 Å². The molecule has 0 saturated heterocycles. The van der Waals surface area contributed by atoms with E-state index in [1.165, 1.54) is 38.5 Å². The van der Waals surface area contributed by atoms with Crippen LogP contribution in [0.1, 0.15) is 72.9 Å². The number of carbonyl (C=O) groups excluding carboxylic acids is 1. The van der Waals surface area contributed by atoms with Crippen LogP contribution in [0.25, 0.3) is 11.1 Å². The second-order valence-corrected chi connectivity index (χ2v) is 12.2. The van der Waals surface area contributed by atoms with Crippen LogP contribution in [0, 0.1) is 12.8 Å². The molecule has 0 radical (unpaired) electrons. The Balaban J connectivity index is 1.59. The Bertz CT molecular complexity index is 1230. The van der Waals surface area contributed by atoms with Gasteiger partial charge >= 0.3 is 5.97 Å². The number of benzene rings is 2. The molecule has 1 unspecified atom stereocenters. The normalized spacial score (nSPS) is 16.2. The van der Waals surface area contributed by atoms with E-state index in [0.29, 0.717) is 17.7 Å². The lowest BCUT2D eigenvalue weighted by atomic mass is 9.87. The number of carboxylic acid groups (broad SMARTS) is 1. The number of ether oxygens (including phenoxy) is 1. The lowest BCUT2D eigenvalue weighted by molar-refractivity contribution is -0.139. The Hall–Kier alpha value is -3.03. The molecule has 1 heterocycles. The average Bonchev–Trinajstić information content (AvgIpc) is 2.99. The van der Waals surface area contributed by atoms with Gasteiger partial charge in [-0.05, 0) is 97.2 Å². The van der Waals surface area contributed by atoms with Gasteiger partial charge in [-0.15, -0.1) is 0 Å². The summed E-state index contributed by atoms with van der Waals surface area (Å²) >= 11 is 1.57. The summed E-state index contributed by atoms with van der Waals surface area (Å²) in [6, 6.07) is 13.1. The van der Waals surface area contributed by atoms with E-state index in [0.717, 1.165) is 60.0 Å². The highest BCUT2D eigenvalue weighted by atomic mass is 32.2. The maximum absolute atomic E-state index is 13.5. The Kier molecular flexibility index (Phi) is 11.9. The first-order valence-electron chi connectivity index (χ1n) is 14.9. The van der Waals surface area contributed by atoms with Gasteiger partial charge in [0.1, 0.15) is 11.8 Å². The van der Waals surface area contributed by atoms with Crippen molar-refractivity contribution in [2.45, 2.75) is 70.9 Å². The second kappa shape index (κ2) is 15.8. The van der Waals surface area contributed by atoms with Gasteiger partial charge in [-0.25, -0.2) is 4.79 Å². The highest BCUT2D eigenvalue weighted by Crippen LogP contribution is 2.30. The van der Waals surface area contributed by atoms with Crippen molar-refractivity contribution < 1.29 is 19.4 Å². The number of aryl methyl sites for hydroxylation is 1. The summed E-state index contributed by atoms with van der Waals surface area (Å²) in [6.45, 7) is 4.52. The molecule has 1 amide bonds. The second-order valence-electron chi connectivity index (χ2n) is 11.2. The number of thioether (sulfide) groups is 1. The van der Waals surface area contributed by atoms with Gasteiger partial charge in [0, 0.05) is 12.1 Å². The predicted molar refractivity (Wildman–Crippen MR) is 168 cm³/mol. The van der Waals surface area contributed by atoms with Crippen molar-refractivity contribution in [3.63, 3.8) is 0 Å². The summed E-state index contributed by atoms with van der Waals surface area (Å²) < 4.78 is 5.82. The van der Waals surface area contributed by atoms with E-state index in [2.05, 4.69) is 22.4 Å². The third kappa shape index (κ3) is 9.23. The van der Waals surface area contributed by atoms with Gasteiger partial charge in [-0.1, -0.05) is 62.4 Å². The number of amides is 1. The highest BCUT2D eigenvalue weighted by molar-refractivity contribution is 7.98. The number of aliphatic carboxylic acids is 1. The van der Waals surface area contributed by atoms with Gasteiger partial charge in [0.25, 0.3) is 5.91 Å². The van der Waals surface area contributed by atoms with Crippen molar-refractivity contribution in [1.29, 1.82) is 0 Å². The molecule has 2 aromatic carbocycles. The van der Waals surface area contributed by atoms with E-state index in [9.17, 15) is 14.7 Å². The molecule has 7 heteroatoms. The maximum atomic E-state index is 13.5. The lowest BCUT2D eigenvalue weighted by Gasteiger charge is -2.28. The van der Waals surface area contributed by atoms with Gasteiger partial charge in [0.2, 0.25) is 0 Å². The molecule has 1 fully saturated rings. The number of rotatable bonds is 14. The Labute approximate surface area is 249 Å². The SMILES string of the molecule is CSCCC(NC(=O)c1ccc(CN(CCC2CCCCC2)CC2=CCC=CO2)cc1-c1ccccc1C)C(=O)O. The summed E-state index contributed by atoms with van der Waals surface area (Å²) in [5, 5.41) is 12.5. The first-order valence-corrected chi connectivity index (χ1v) is 16.3. The fourth-order valence-electron chi connectivity index (χ4n) is 5.79. The maximum Gasteiger partial charge on any atom is 0.326 e. The third-order valence-electron chi connectivity index (χ3n) is 8.14. The summed E-state index contributed by atoms with van der Waals surface area (Å²) in [5.41, 5.74) is 4.49. The fraction of sp³-hybridized carbons (Fsp3) is 0.471. The number of hydrogen-bond donors (Lipinski definition) is 2. The van der Waals surface area contributed by atoms with Crippen molar-refractivity contribution in [3.8, 4) is 11.1 Å². The minimum Gasteiger partial charge on any atom is -0.480 e. The molecule has 2 aromatic rings. The van der Waals surface area contributed by atoms with E-state index in [1.54, 1.807) is 18.0 Å². The average molecular weight is 577 g/mol. The van der Waals surface area contributed by atoms with Crippen LogP contribution in [-0.4, -0.2) is 53.0 Å². The molecule has 0 aromatic heterocycles. The molecule has 0 bridgehead atoms. The van der Waals surface area contributed by atoms with Crippen molar-refractivity contribution >= 4 is 23.6 Å². The Morgan fingerprint density at radius 2 is 1.90 bits per heavy atom. The zero-order valence-corrected chi connectivity index (χ0v) is 25.3. The van der Waals surface area contributed by atoms with Gasteiger partial charge in [0.05, 0.1) is 12.8 Å². The minimum atomic E-state index is -1.01. The molecule has 2 aliphatic rings. The quantitative estimate of drug-likeness (QED) is 0.248. The van der Waals surface area contributed by atoms with Crippen LogP contribution in [-0.2, 0) is 16.1 Å². The van der Waals surface area contributed by atoms with E-state index < -0.39 is 12.0 Å². The van der Waals surface area contributed by atoms with Crippen molar-refractivity contribution in [3.05, 3.63) is 83.3 Å². The highest BCUT2D eigenvalue weighted by Gasteiger charge is 2.23. The number of nitrogens with zero attached hydrogens (tertiary/aromatic N) is 1. The molecule has 220 valence electrons. The van der Waals surface area contributed by atoms with E-state index in [1.807, 2.05) is 55.7 Å². The zero-order chi connectivity index (χ0) is 29.0. The van der Waals surface area contributed by atoms with Crippen LogP contribution < -0.4 is 5.32 Å². The molecule has 41 heavy (non-hydrogen) atoms. The van der Waals surface area contributed by atoms with Crippen LogP contribution in [0.15, 0.2) is 66.6 Å². The molecule has 6 nitrogen and oxygen atoms in total. The number of allylic oxidation sites excluding steroid dienone is 2. The molecule has 1 atom stereocenters. The van der Waals surface area contributed by atoms with Crippen LogP contribution >= 0.6 is 11.8 Å². The zero-order valence-electron chi connectivity index (χ0n) is 24.4. The summed E-state index contributed by atoms with van der Waals surface area (Å²) in [5.74, 6) is 1.06. The monoisotopic (exact) mass is 576 g/mol. The third-order valence-corrected chi connectivity index (χ3v) is 8.78. The number of carbonyl (C=O) groups is 2. The van der Waals surface area contributed by atoms with E-state index in [-0.39, 0.29) is 5.91 Å². The molecule has 0 spiro atoms. The summed E-state index contributed by atoms with van der Waals surface area (Å²) in [6.07, 6.45) is 17.0. The van der Waals surface area contributed by atoms with Crippen LogP contribution in [0.4, 0.5) is 0 Å². The molecule has 1 aliphatic heterocycles. The van der Waals surface area contributed by atoms with Gasteiger partial charge in [-0.2, -0.15) is 11.8 Å². The van der Waals surface area contributed by atoms with Crippen LogP contribution in [0.5, 0.6) is 0 Å². The number of hydrogen-bond acceptors (Lipinski definition) is 5. The Morgan fingerprint density at radius 1 is 1.10 bits per heavy atom. The van der Waals surface area contributed by atoms with Gasteiger partial charge in [0.15, 0.2) is 0 Å². The van der Waals surface area contributed by atoms with E-state index in [4.69, 9.17) is 4.74 Å². The summed E-state index contributed by atoms with van der Waals surface area (Å²) in [7, 11) is 0. The number of nitrogens with one attached hydrogen (secondary N) is 1. The minimum absolute atomic E-state index is 0.356. The molecule has 2 N–H and O–H groups in total. The molecule has 1 saturated carbocycles. The topological polar surface area (TPSA) is 78.9 Å². The van der Waals surface area contributed by atoms with E-state index >= 15 is 0 Å². The largest absolute Gasteiger partial charge is 0.480 e. The van der Waals surface area contributed by atoms with Gasteiger partial charge < -0.3 is 15.2 Å².